The highest BCUT2D eigenvalue weighted by Gasteiger charge is 2.04. The lowest BCUT2D eigenvalue weighted by molar-refractivity contribution is 0.537. The van der Waals surface area contributed by atoms with Gasteiger partial charge in [-0.1, -0.05) is 32.1 Å². The third-order valence-electron chi connectivity index (χ3n) is 3.21. The molecule has 0 aliphatic carbocycles. The van der Waals surface area contributed by atoms with Crippen molar-refractivity contribution in [1.29, 1.82) is 0 Å². The molecule has 0 N–H and O–H groups in total. The average Bonchev–Trinajstić information content (AvgIpc) is 2.41. The lowest BCUT2D eigenvalue weighted by Gasteiger charge is -2.06. The van der Waals surface area contributed by atoms with E-state index in [0.29, 0.717) is 0 Å². The highest BCUT2D eigenvalue weighted by Crippen LogP contribution is 2.08. The average molecular weight is 394 g/mol. The third-order valence-corrected chi connectivity index (χ3v) is 4.77. The van der Waals surface area contributed by atoms with Gasteiger partial charge in [-0.05, 0) is 48.1 Å². The molecule has 0 aromatic carbocycles. The molecule has 0 aliphatic heterocycles. The molecular weight excluding hydrogens is 371 g/mol. The van der Waals surface area contributed by atoms with Gasteiger partial charge < -0.3 is 0 Å². The van der Waals surface area contributed by atoms with Crippen molar-refractivity contribution < 1.29 is 0 Å². The maximum Gasteiger partial charge on any atom is 0.266 e. The van der Waals surface area contributed by atoms with Gasteiger partial charge in [-0.25, -0.2) is 4.98 Å². The fourth-order valence-electron chi connectivity index (χ4n) is 1.98. The van der Waals surface area contributed by atoms with Crippen molar-refractivity contribution in [2.24, 2.45) is 0 Å². The minimum Gasteiger partial charge on any atom is -0.298 e. The number of hydrogen-bond acceptors (Lipinski definition) is 3. The van der Waals surface area contributed by atoms with E-state index in [2.05, 4.69) is 40.2 Å². The molecule has 0 saturated carbocycles. The maximum atomic E-state index is 11.9. The van der Waals surface area contributed by atoms with E-state index < -0.39 is 0 Å². The van der Waals surface area contributed by atoms with E-state index in [1.165, 1.54) is 38.5 Å². The van der Waals surface area contributed by atoms with Gasteiger partial charge in [0, 0.05) is 6.54 Å². The molecule has 1 rings (SSSR count). The Balaban J connectivity index is 2.20. The van der Waals surface area contributed by atoms with E-state index in [1.807, 2.05) is 6.92 Å². The second kappa shape index (κ2) is 9.80. The molecule has 0 saturated heterocycles. The number of halogens is 1. The third kappa shape index (κ3) is 6.29. The van der Waals surface area contributed by atoms with Crippen LogP contribution in [0.25, 0.3) is 0 Å². The second-order valence-electron chi connectivity index (χ2n) is 4.84. The van der Waals surface area contributed by atoms with Gasteiger partial charge in [-0.2, -0.15) is 12.6 Å². The molecule has 0 spiro atoms. The molecule has 5 heteroatoms. The molecular formula is C14H23IN2OS. The van der Waals surface area contributed by atoms with Crippen LogP contribution in [0.3, 0.4) is 0 Å². The van der Waals surface area contributed by atoms with Crippen molar-refractivity contribution in [1.82, 2.24) is 9.55 Å². The largest absolute Gasteiger partial charge is 0.298 e. The summed E-state index contributed by atoms with van der Waals surface area (Å²) in [5.74, 6) is 1.00. The van der Waals surface area contributed by atoms with Crippen LogP contribution in [-0.2, 0) is 6.54 Å². The van der Waals surface area contributed by atoms with Crippen molar-refractivity contribution in [3.63, 3.8) is 0 Å². The zero-order valence-corrected chi connectivity index (χ0v) is 14.6. The number of hydrogen-bond donors (Lipinski definition) is 1. The molecule has 0 amide bonds. The van der Waals surface area contributed by atoms with Crippen LogP contribution in [0.2, 0.25) is 0 Å². The molecule has 0 atom stereocenters. The number of thiol groups is 1. The summed E-state index contributed by atoms with van der Waals surface area (Å²) in [7, 11) is 0. The normalized spacial score (nSPS) is 10.9. The smallest absolute Gasteiger partial charge is 0.266 e. The zero-order chi connectivity index (χ0) is 14.1. The molecule has 0 aliphatic rings. The van der Waals surface area contributed by atoms with Crippen molar-refractivity contribution in [2.75, 3.05) is 5.75 Å². The van der Waals surface area contributed by atoms with Crippen LogP contribution < -0.4 is 5.56 Å². The molecule has 0 unspecified atom stereocenters. The SMILES string of the molecule is Cc1ncn(CCCCCCCCCS)c(=O)c1I. The van der Waals surface area contributed by atoms with Gasteiger partial charge in [0.2, 0.25) is 0 Å². The van der Waals surface area contributed by atoms with Crippen molar-refractivity contribution in [3.05, 3.63) is 25.9 Å². The van der Waals surface area contributed by atoms with Gasteiger partial charge in [-0.15, -0.1) is 0 Å². The van der Waals surface area contributed by atoms with Crippen LogP contribution in [0.15, 0.2) is 11.1 Å². The van der Waals surface area contributed by atoms with Crippen LogP contribution in [-0.4, -0.2) is 15.3 Å². The second-order valence-corrected chi connectivity index (χ2v) is 6.37. The highest BCUT2D eigenvalue weighted by atomic mass is 127. The summed E-state index contributed by atoms with van der Waals surface area (Å²) in [5, 5.41) is 0. The van der Waals surface area contributed by atoms with E-state index in [9.17, 15) is 4.79 Å². The van der Waals surface area contributed by atoms with E-state index >= 15 is 0 Å². The Labute approximate surface area is 134 Å². The fraction of sp³-hybridized carbons (Fsp3) is 0.714. The summed E-state index contributed by atoms with van der Waals surface area (Å²) in [4.78, 5) is 16.2. The van der Waals surface area contributed by atoms with Gasteiger partial charge in [0.15, 0.2) is 0 Å². The summed E-state index contributed by atoms with van der Waals surface area (Å²) in [6, 6.07) is 0. The number of rotatable bonds is 9. The number of aromatic nitrogens is 2. The predicted octanol–water partition coefficient (Wildman–Crippen LogP) is 3.82. The monoisotopic (exact) mass is 394 g/mol. The topological polar surface area (TPSA) is 34.9 Å². The molecule has 19 heavy (non-hydrogen) atoms. The molecule has 0 fully saturated rings. The van der Waals surface area contributed by atoms with E-state index in [4.69, 9.17) is 0 Å². The zero-order valence-electron chi connectivity index (χ0n) is 11.6. The first-order valence-corrected chi connectivity index (χ1v) is 8.70. The number of unbranched alkanes of at least 4 members (excludes halogenated alkanes) is 6. The van der Waals surface area contributed by atoms with Crippen LogP contribution in [0, 0.1) is 10.5 Å². The van der Waals surface area contributed by atoms with Crippen LogP contribution in [0.1, 0.15) is 50.6 Å². The van der Waals surface area contributed by atoms with Crippen molar-refractivity contribution >= 4 is 35.2 Å². The Morgan fingerprint density at radius 3 is 2.37 bits per heavy atom. The molecule has 1 heterocycles. The Kier molecular flexibility index (Phi) is 8.77. The first-order chi connectivity index (χ1) is 9.16. The first-order valence-electron chi connectivity index (χ1n) is 6.99. The van der Waals surface area contributed by atoms with Gasteiger partial charge in [0.25, 0.3) is 5.56 Å². The van der Waals surface area contributed by atoms with E-state index in [-0.39, 0.29) is 5.56 Å². The lowest BCUT2D eigenvalue weighted by Crippen LogP contribution is -2.24. The minimum absolute atomic E-state index is 0.0990. The molecule has 1 aromatic heterocycles. The van der Waals surface area contributed by atoms with Crippen molar-refractivity contribution in [3.8, 4) is 0 Å². The Bertz CT molecular complexity index is 434. The number of nitrogens with zero attached hydrogens (tertiary/aromatic N) is 2. The van der Waals surface area contributed by atoms with Gasteiger partial charge in [-0.3, -0.25) is 9.36 Å². The highest BCUT2D eigenvalue weighted by molar-refractivity contribution is 14.1. The fourth-order valence-corrected chi connectivity index (χ4v) is 2.66. The van der Waals surface area contributed by atoms with E-state index in [0.717, 1.165) is 28.0 Å². The Morgan fingerprint density at radius 1 is 1.16 bits per heavy atom. The number of aryl methyl sites for hydroxylation is 2. The van der Waals surface area contributed by atoms with E-state index in [1.54, 1.807) is 10.9 Å². The molecule has 108 valence electrons. The van der Waals surface area contributed by atoms with Crippen molar-refractivity contribution in [2.45, 2.75) is 58.4 Å². The van der Waals surface area contributed by atoms with Crippen LogP contribution >= 0.6 is 35.2 Å². The lowest BCUT2D eigenvalue weighted by atomic mass is 10.1. The summed E-state index contributed by atoms with van der Waals surface area (Å²) in [6.07, 6.45) is 10.3. The Morgan fingerprint density at radius 2 is 1.74 bits per heavy atom. The summed E-state index contributed by atoms with van der Waals surface area (Å²) < 4.78 is 2.47. The van der Waals surface area contributed by atoms with Crippen LogP contribution in [0.5, 0.6) is 0 Å². The standard InChI is InChI=1S/C14H23IN2OS/c1-12-13(15)14(18)17(11-16-12)9-7-5-3-2-4-6-8-10-19/h11,19H,2-10H2,1H3. The summed E-state index contributed by atoms with van der Waals surface area (Å²) >= 11 is 6.29. The van der Waals surface area contributed by atoms with Gasteiger partial charge in [0.05, 0.1) is 15.6 Å². The van der Waals surface area contributed by atoms with Crippen LogP contribution in [0.4, 0.5) is 0 Å². The minimum atomic E-state index is 0.0990. The molecule has 0 bridgehead atoms. The first kappa shape index (κ1) is 17.0. The van der Waals surface area contributed by atoms with Gasteiger partial charge in [0.1, 0.15) is 0 Å². The Hall–Kier alpha value is -0.0400. The summed E-state index contributed by atoms with van der Waals surface area (Å²) in [5.41, 5.74) is 0.924. The van der Waals surface area contributed by atoms with Gasteiger partial charge >= 0.3 is 0 Å². The quantitative estimate of drug-likeness (QED) is 0.393. The molecule has 1 aromatic rings. The molecule has 0 radical (unpaired) electrons. The molecule has 3 nitrogen and oxygen atoms in total. The maximum absolute atomic E-state index is 11.9. The summed E-state index contributed by atoms with van der Waals surface area (Å²) in [6.45, 7) is 2.66. The predicted molar refractivity (Wildman–Crippen MR) is 92.1 cm³/mol.